The fourth-order valence-electron chi connectivity index (χ4n) is 1.12. The first-order valence-electron chi connectivity index (χ1n) is 4.38. The lowest BCUT2D eigenvalue weighted by Crippen LogP contribution is -2.23. The molecule has 0 aliphatic carbocycles. The summed E-state index contributed by atoms with van der Waals surface area (Å²) in [7, 11) is 0. The van der Waals surface area contributed by atoms with Crippen LogP contribution in [0.4, 0.5) is 0 Å². The lowest BCUT2D eigenvalue weighted by molar-refractivity contribution is 0.0942. The van der Waals surface area contributed by atoms with Gasteiger partial charge in [-0.2, -0.15) is 5.10 Å². The van der Waals surface area contributed by atoms with E-state index in [1.165, 1.54) is 0 Å². The van der Waals surface area contributed by atoms with Gasteiger partial charge in [0.1, 0.15) is 10.4 Å². The molecule has 2 aromatic heterocycles. The van der Waals surface area contributed by atoms with E-state index in [9.17, 15) is 4.79 Å². The fraction of sp³-hybridized carbons (Fsp3) is 0.111. The zero-order chi connectivity index (χ0) is 11.5. The maximum atomic E-state index is 11.7. The third kappa shape index (κ3) is 2.35. The lowest BCUT2D eigenvalue weighted by atomic mass is 10.4. The van der Waals surface area contributed by atoms with Gasteiger partial charge in [-0.15, -0.1) is 0 Å². The molecule has 0 bridgehead atoms. The summed E-state index contributed by atoms with van der Waals surface area (Å²) >= 11 is 6.46. The molecule has 0 spiro atoms. The number of hydrogen-bond acceptors (Lipinski definition) is 3. The summed E-state index contributed by atoms with van der Waals surface area (Å²) in [5.41, 5.74) is 0.304. The van der Waals surface area contributed by atoms with Gasteiger partial charge in [0.25, 0.3) is 5.91 Å². The molecule has 0 radical (unpaired) electrons. The van der Waals surface area contributed by atoms with Crippen molar-refractivity contribution in [2.45, 2.75) is 6.54 Å². The molecule has 84 valence electrons. The molecule has 0 aliphatic rings. The van der Waals surface area contributed by atoms with Crippen molar-refractivity contribution in [1.82, 2.24) is 15.5 Å². The summed E-state index contributed by atoms with van der Waals surface area (Å²) in [6.45, 7) is 0.336. The van der Waals surface area contributed by atoms with Crippen LogP contribution in [0.2, 0.25) is 0 Å². The van der Waals surface area contributed by atoms with E-state index >= 15 is 0 Å². The Kier molecular flexibility index (Phi) is 3.45. The highest BCUT2D eigenvalue weighted by molar-refractivity contribution is 9.13. The molecule has 0 aromatic carbocycles. The summed E-state index contributed by atoms with van der Waals surface area (Å²) in [5.74, 6) is 0.421. The Morgan fingerprint density at radius 2 is 2.38 bits per heavy atom. The van der Waals surface area contributed by atoms with Gasteiger partial charge in [0.05, 0.1) is 17.3 Å². The average Bonchev–Trinajstić information content (AvgIpc) is 2.88. The van der Waals surface area contributed by atoms with E-state index in [1.54, 1.807) is 18.4 Å². The van der Waals surface area contributed by atoms with Crippen molar-refractivity contribution in [3.05, 3.63) is 38.9 Å². The van der Waals surface area contributed by atoms with Crippen LogP contribution in [0.1, 0.15) is 16.2 Å². The van der Waals surface area contributed by atoms with E-state index in [2.05, 4.69) is 47.4 Å². The number of rotatable bonds is 3. The third-order valence-corrected chi connectivity index (χ3v) is 3.76. The largest absolute Gasteiger partial charge is 0.467 e. The number of nitrogens with one attached hydrogen (secondary N) is 2. The molecule has 2 heterocycles. The Balaban J connectivity index is 2.01. The van der Waals surface area contributed by atoms with Gasteiger partial charge in [0.15, 0.2) is 5.69 Å². The number of aromatic nitrogens is 2. The molecule has 2 rings (SSSR count). The van der Waals surface area contributed by atoms with Crippen molar-refractivity contribution in [3.8, 4) is 0 Å². The minimum atomic E-state index is -0.273. The van der Waals surface area contributed by atoms with Crippen LogP contribution in [0.3, 0.4) is 0 Å². The molecule has 1 amide bonds. The van der Waals surface area contributed by atoms with Crippen molar-refractivity contribution in [2.24, 2.45) is 0 Å². The van der Waals surface area contributed by atoms with Crippen LogP contribution in [0.15, 0.2) is 31.9 Å². The zero-order valence-electron chi connectivity index (χ0n) is 7.96. The number of carbonyl (C=O) groups excluding carboxylic acids is 1. The Bertz CT molecular complexity index is 493. The van der Waals surface area contributed by atoms with Gasteiger partial charge in [0.2, 0.25) is 0 Å². The monoisotopic (exact) mass is 347 g/mol. The normalized spacial score (nSPS) is 10.4. The first kappa shape index (κ1) is 11.4. The van der Waals surface area contributed by atoms with Gasteiger partial charge in [-0.1, -0.05) is 0 Å². The van der Waals surface area contributed by atoms with E-state index in [4.69, 9.17) is 4.42 Å². The van der Waals surface area contributed by atoms with E-state index in [0.717, 1.165) is 0 Å². The van der Waals surface area contributed by atoms with Crippen molar-refractivity contribution in [3.63, 3.8) is 0 Å². The van der Waals surface area contributed by atoms with E-state index in [-0.39, 0.29) is 5.91 Å². The number of amides is 1. The second kappa shape index (κ2) is 4.84. The summed E-state index contributed by atoms with van der Waals surface area (Å²) in [6, 6.07) is 3.55. The first-order chi connectivity index (χ1) is 7.68. The van der Waals surface area contributed by atoms with Crippen LogP contribution in [0.25, 0.3) is 0 Å². The molecule has 0 unspecified atom stereocenters. The van der Waals surface area contributed by atoms with Crippen LogP contribution in [0.5, 0.6) is 0 Å². The first-order valence-corrected chi connectivity index (χ1v) is 5.97. The maximum Gasteiger partial charge on any atom is 0.273 e. The van der Waals surface area contributed by atoms with Gasteiger partial charge in [0, 0.05) is 0 Å². The molecular weight excluding hydrogens is 342 g/mol. The predicted octanol–water partition coefficient (Wildman–Crippen LogP) is 2.46. The quantitative estimate of drug-likeness (QED) is 0.895. The number of halogens is 2. The number of H-pyrrole nitrogens is 1. The molecule has 0 fully saturated rings. The van der Waals surface area contributed by atoms with Gasteiger partial charge >= 0.3 is 0 Å². The topological polar surface area (TPSA) is 70.9 Å². The van der Waals surface area contributed by atoms with Crippen molar-refractivity contribution in [2.75, 3.05) is 0 Å². The number of carbonyl (C=O) groups is 1. The summed E-state index contributed by atoms with van der Waals surface area (Å²) < 4.78 is 6.33. The Morgan fingerprint density at radius 1 is 1.56 bits per heavy atom. The minimum Gasteiger partial charge on any atom is -0.467 e. The van der Waals surface area contributed by atoms with Crippen molar-refractivity contribution >= 4 is 37.8 Å². The van der Waals surface area contributed by atoms with Crippen molar-refractivity contribution in [1.29, 1.82) is 0 Å². The van der Waals surface area contributed by atoms with Crippen LogP contribution in [-0.4, -0.2) is 16.1 Å². The SMILES string of the molecule is O=C(NCc1ccco1)c1n[nH]c(Br)c1Br. The number of hydrogen-bond donors (Lipinski definition) is 2. The summed E-state index contributed by atoms with van der Waals surface area (Å²) in [4.78, 5) is 11.7. The number of furan rings is 1. The summed E-state index contributed by atoms with van der Waals surface area (Å²) in [5, 5.41) is 9.19. The van der Waals surface area contributed by atoms with Crippen LogP contribution >= 0.6 is 31.9 Å². The maximum absolute atomic E-state index is 11.7. The molecule has 0 atom stereocenters. The van der Waals surface area contributed by atoms with Gasteiger partial charge < -0.3 is 9.73 Å². The molecule has 0 saturated heterocycles. The van der Waals surface area contributed by atoms with Crippen LogP contribution in [0, 0.1) is 0 Å². The lowest BCUT2D eigenvalue weighted by Gasteiger charge is -2.00. The molecule has 0 aliphatic heterocycles. The molecule has 0 saturated carbocycles. The Labute approximate surface area is 108 Å². The molecule has 5 nitrogen and oxygen atoms in total. The van der Waals surface area contributed by atoms with E-state index in [1.807, 2.05) is 0 Å². The minimum absolute atomic E-state index is 0.273. The highest BCUT2D eigenvalue weighted by Gasteiger charge is 2.16. The third-order valence-electron chi connectivity index (χ3n) is 1.88. The van der Waals surface area contributed by atoms with Gasteiger partial charge in [-0.05, 0) is 44.0 Å². The molecule has 16 heavy (non-hydrogen) atoms. The Morgan fingerprint density at radius 3 is 2.94 bits per heavy atom. The molecule has 7 heteroatoms. The number of nitrogens with zero attached hydrogens (tertiary/aromatic N) is 1. The summed E-state index contributed by atoms with van der Waals surface area (Å²) in [6.07, 6.45) is 1.56. The highest BCUT2D eigenvalue weighted by atomic mass is 79.9. The average molecular weight is 349 g/mol. The molecule has 2 N–H and O–H groups in total. The van der Waals surface area contributed by atoms with Gasteiger partial charge in [-0.25, -0.2) is 0 Å². The highest BCUT2D eigenvalue weighted by Crippen LogP contribution is 2.23. The second-order valence-electron chi connectivity index (χ2n) is 2.96. The van der Waals surface area contributed by atoms with Crippen LogP contribution < -0.4 is 5.32 Å². The van der Waals surface area contributed by atoms with Gasteiger partial charge in [-0.3, -0.25) is 9.89 Å². The smallest absolute Gasteiger partial charge is 0.273 e. The zero-order valence-corrected chi connectivity index (χ0v) is 11.1. The standard InChI is InChI=1S/C9H7Br2N3O2/c10-6-7(13-14-8(6)11)9(15)12-4-5-2-1-3-16-5/h1-3H,4H2,(H,12,15)(H,13,14). The predicted molar refractivity (Wildman–Crippen MR) is 63.9 cm³/mol. The molecule has 2 aromatic rings. The molecular formula is C9H7Br2N3O2. The van der Waals surface area contributed by atoms with E-state index < -0.39 is 0 Å². The van der Waals surface area contributed by atoms with E-state index in [0.29, 0.717) is 27.1 Å². The van der Waals surface area contributed by atoms with Crippen molar-refractivity contribution < 1.29 is 9.21 Å². The second-order valence-corrected chi connectivity index (χ2v) is 4.55. The van der Waals surface area contributed by atoms with Crippen LogP contribution in [-0.2, 0) is 6.54 Å². The number of aromatic amines is 1. The Hall–Kier alpha value is -1.08. The fourth-order valence-corrected chi connectivity index (χ4v) is 1.76.